The van der Waals surface area contributed by atoms with Crippen LogP contribution in [0, 0.1) is 5.92 Å². The minimum Gasteiger partial charge on any atom is -0.480 e. The molecule has 3 N–H and O–H groups in total. The largest absolute Gasteiger partial charge is 0.480 e. The Kier molecular flexibility index (Phi) is 5.87. The summed E-state index contributed by atoms with van der Waals surface area (Å²) in [4.78, 5) is 21.8. The molecular weight excluding hydrogens is 186 g/mol. The number of hydrogen-bond donors (Lipinski definition) is 3. The van der Waals surface area contributed by atoms with E-state index in [1.165, 1.54) is 0 Å². The van der Waals surface area contributed by atoms with Crippen LogP contribution in [0.3, 0.4) is 0 Å². The summed E-state index contributed by atoms with van der Waals surface area (Å²) in [6, 6.07) is -1.19. The van der Waals surface area contributed by atoms with E-state index in [9.17, 15) is 9.59 Å². The van der Waals surface area contributed by atoms with Gasteiger partial charge in [0.05, 0.1) is 6.61 Å². The zero-order valence-corrected chi connectivity index (χ0v) is 8.49. The van der Waals surface area contributed by atoms with Crippen LogP contribution >= 0.6 is 0 Å². The number of carbonyl (C=O) groups is 2. The van der Waals surface area contributed by atoms with E-state index in [2.05, 4.69) is 5.32 Å². The monoisotopic (exact) mass is 203 g/mol. The van der Waals surface area contributed by atoms with E-state index in [4.69, 9.17) is 10.2 Å². The lowest BCUT2D eigenvalue weighted by molar-refractivity contribution is -0.143. The number of amides is 1. The quantitative estimate of drug-likeness (QED) is 0.566. The van der Waals surface area contributed by atoms with Gasteiger partial charge in [-0.1, -0.05) is 20.3 Å². The molecule has 0 heterocycles. The predicted molar refractivity (Wildman–Crippen MR) is 50.7 cm³/mol. The van der Waals surface area contributed by atoms with Gasteiger partial charge in [0.2, 0.25) is 5.91 Å². The van der Waals surface area contributed by atoms with Gasteiger partial charge in [0.1, 0.15) is 6.04 Å². The van der Waals surface area contributed by atoms with Gasteiger partial charge < -0.3 is 15.5 Å². The first-order chi connectivity index (χ1) is 6.52. The maximum absolute atomic E-state index is 11.3. The van der Waals surface area contributed by atoms with Gasteiger partial charge in [-0.3, -0.25) is 4.79 Å². The van der Waals surface area contributed by atoms with Crippen LogP contribution in [0.5, 0.6) is 0 Å². The Morgan fingerprint density at radius 1 is 1.43 bits per heavy atom. The Bertz CT molecular complexity index is 205. The third-order valence-corrected chi connectivity index (χ3v) is 1.97. The first kappa shape index (κ1) is 12.9. The lowest BCUT2D eigenvalue weighted by Gasteiger charge is -2.15. The summed E-state index contributed by atoms with van der Waals surface area (Å²) in [6.45, 7) is 3.10. The van der Waals surface area contributed by atoms with Crippen molar-refractivity contribution in [2.75, 3.05) is 6.61 Å². The molecule has 0 bridgehead atoms. The highest BCUT2D eigenvalue weighted by atomic mass is 16.4. The van der Waals surface area contributed by atoms with Crippen LogP contribution in [0.4, 0.5) is 0 Å². The Labute approximate surface area is 83.1 Å². The van der Waals surface area contributed by atoms with Crippen molar-refractivity contribution in [2.45, 2.75) is 32.7 Å². The van der Waals surface area contributed by atoms with Gasteiger partial charge in [0, 0.05) is 5.92 Å². The number of nitrogens with one attached hydrogen (secondary N) is 1. The second-order valence-electron chi connectivity index (χ2n) is 3.27. The highest BCUT2D eigenvalue weighted by molar-refractivity contribution is 5.84. The van der Waals surface area contributed by atoms with E-state index in [1.807, 2.05) is 6.92 Å². The van der Waals surface area contributed by atoms with Crippen LogP contribution in [0.1, 0.15) is 26.7 Å². The van der Waals surface area contributed by atoms with Crippen LogP contribution in [-0.4, -0.2) is 34.7 Å². The lowest BCUT2D eigenvalue weighted by atomic mass is 10.1. The number of aliphatic hydroxyl groups is 1. The zero-order chi connectivity index (χ0) is 11.1. The molecule has 0 aromatic rings. The summed E-state index contributed by atoms with van der Waals surface area (Å²) in [5.74, 6) is -1.76. The summed E-state index contributed by atoms with van der Waals surface area (Å²) in [6.07, 6.45) is 1.58. The standard InChI is InChI=1S/C9H17NO4/c1-3-4-6(2)8(12)10-7(5-11)9(13)14/h6-7,11H,3-5H2,1-2H3,(H,10,12)(H,13,14). The van der Waals surface area contributed by atoms with Crippen molar-refractivity contribution in [1.29, 1.82) is 0 Å². The fourth-order valence-electron chi connectivity index (χ4n) is 1.06. The average Bonchev–Trinajstić information content (AvgIpc) is 2.13. The highest BCUT2D eigenvalue weighted by Gasteiger charge is 2.21. The molecule has 0 spiro atoms. The molecule has 82 valence electrons. The molecule has 5 nitrogen and oxygen atoms in total. The molecule has 0 fully saturated rings. The molecule has 2 unspecified atom stereocenters. The first-order valence-corrected chi connectivity index (χ1v) is 4.67. The molecule has 0 rings (SSSR count). The lowest BCUT2D eigenvalue weighted by Crippen LogP contribution is -2.45. The zero-order valence-electron chi connectivity index (χ0n) is 8.49. The summed E-state index contributed by atoms with van der Waals surface area (Å²) < 4.78 is 0. The Morgan fingerprint density at radius 2 is 2.00 bits per heavy atom. The summed E-state index contributed by atoms with van der Waals surface area (Å²) in [5.41, 5.74) is 0. The fraction of sp³-hybridized carbons (Fsp3) is 0.778. The molecular formula is C9H17NO4. The number of carboxylic acids is 1. The fourth-order valence-corrected chi connectivity index (χ4v) is 1.06. The van der Waals surface area contributed by atoms with Crippen LogP contribution in [0.2, 0.25) is 0 Å². The van der Waals surface area contributed by atoms with Crippen LogP contribution in [-0.2, 0) is 9.59 Å². The van der Waals surface area contributed by atoms with Crippen molar-refractivity contribution in [2.24, 2.45) is 5.92 Å². The number of aliphatic carboxylic acids is 1. The van der Waals surface area contributed by atoms with Gasteiger partial charge in [-0.2, -0.15) is 0 Å². The molecule has 0 aliphatic heterocycles. The third-order valence-electron chi connectivity index (χ3n) is 1.97. The molecule has 0 radical (unpaired) electrons. The number of hydrogen-bond acceptors (Lipinski definition) is 3. The first-order valence-electron chi connectivity index (χ1n) is 4.67. The van der Waals surface area contributed by atoms with Gasteiger partial charge in [-0.15, -0.1) is 0 Å². The van der Waals surface area contributed by atoms with Gasteiger partial charge in [0.25, 0.3) is 0 Å². The minimum atomic E-state index is -1.22. The third kappa shape index (κ3) is 4.23. The molecule has 0 aromatic heterocycles. The molecule has 0 aliphatic carbocycles. The summed E-state index contributed by atoms with van der Waals surface area (Å²) in [7, 11) is 0. The van der Waals surface area contributed by atoms with Gasteiger partial charge >= 0.3 is 5.97 Å². The van der Waals surface area contributed by atoms with E-state index < -0.39 is 18.6 Å². The van der Waals surface area contributed by atoms with Gasteiger partial charge in [-0.05, 0) is 6.42 Å². The van der Waals surface area contributed by atoms with Crippen LogP contribution in [0.25, 0.3) is 0 Å². The summed E-state index contributed by atoms with van der Waals surface area (Å²) >= 11 is 0. The highest BCUT2D eigenvalue weighted by Crippen LogP contribution is 2.04. The molecule has 0 saturated carbocycles. The number of carbonyl (C=O) groups excluding carboxylic acids is 1. The second-order valence-corrected chi connectivity index (χ2v) is 3.27. The second kappa shape index (κ2) is 6.37. The molecule has 14 heavy (non-hydrogen) atoms. The SMILES string of the molecule is CCCC(C)C(=O)NC(CO)C(=O)O. The smallest absolute Gasteiger partial charge is 0.328 e. The Morgan fingerprint density at radius 3 is 2.36 bits per heavy atom. The molecule has 2 atom stereocenters. The van der Waals surface area contributed by atoms with Crippen molar-refractivity contribution >= 4 is 11.9 Å². The Balaban J connectivity index is 4.08. The van der Waals surface area contributed by atoms with Crippen molar-refractivity contribution in [3.63, 3.8) is 0 Å². The van der Waals surface area contributed by atoms with Gasteiger partial charge in [-0.25, -0.2) is 4.79 Å². The topological polar surface area (TPSA) is 86.6 Å². The van der Waals surface area contributed by atoms with Crippen molar-refractivity contribution in [3.05, 3.63) is 0 Å². The summed E-state index contributed by atoms with van der Waals surface area (Å²) in [5, 5.41) is 19.5. The normalized spacial score (nSPS) is 14.5. The molecule has 0 aromatic carbocycles. The molecule has 1 amide bonds. The van der Waals surface area contributed by atoms with E-state index in [-0.39, 0.29) is 11.8 Å². The molecule has 5 heteroatoms. The maximum Gasteiger partial charge on any atom is 0.328 e. The molecule has 0 saturated heterocycles. The van der Waals surface area contributed by atoms with Crippen molar-refractivity contribution in [3.8, 4) is 0 Å². The van der Waals surface area contributed by atoms with Crippen LogP contribution < -0.4 is 5.32 Å². The molecule has 0 aliphatic rings. The van der Waals surface area contributed by atoms with Crippen molar-refractivity contribution < 1.29 is 19.8 Å². The maximum atomic E-state index is 11.3. The van der Waals surface area contributed by atoms with E-state index in [0.29, 0.717) is 6.42 Å². The average molecular weight is 203 g/mol. The minimum absolute atomic E-state index is 0.214. The van der Waals surface area contributed by atoms with Gasteiger partial charge in [0.15, 0.2) is 0 Å². The number of carboxylic acid groups (broad SMARTS) is 1. The Hall–Kier alpha value is -1.10. The van der Waals surface area contributed by atoms with Crippen molar-refractivity contribution in [1.82, 2.24) is 5.32 Å². The van der Waals surface area contributed by atoms with E-state index >= 15 is 0 Å². The van der Waals surface area contributed by atoms with E-state index in [1.54, 1.807) is 6.92 Å². The van der Waals surface area contributed by atoms with E-state index in [0.717, 1.165) is 6.42 Å². The van der Waals surface area contributed by atoms with Crippen LogP contribution in [0.15, 0.2) is 0 Å². The predicted octanol–water partition coefficient (Wildman–Crippen LogP) is -0.0157. The number of aliphatic hydroxyl groups excluding tert-OH is 1. The number of rotatable bonds is 6.